The predicted octanol–water partition coefficient (Wildman–Crippen LogP) is 3.35. The molecule has 1 aliphatic rings. The Bertz CT molecular complexity index is 1360. The number of thiazole rings is 1. The zero-order chi connectivity index (χ0) is 28.1. The molecule has 1 fully saturated rings. The van der Waals surface area contributed by atoms with Crippen LogP contribution in [-0.2, 0) is 11.8 Å². The van der Waals surface area contributed by atoms with Gasteiger partial charge in [0.1, 0.15) is 5.69 Å². The molecule has 3 heterocycles. The molecule has 2 aromatic heterocycles. The van der Waals surface area contributed by atoms with E-state index < -0.39 is 11.9 Å². The van der Waals surface area contributed by atoms with Crippen molar-refractivity contribution in [2.75, 3.05) is 46.3 Å². The number of ether oxygens (including phenoxy) is 4. The van der Waals surface area contributed by atoms with Crippen molar-refractivity contribution in [3.63, 3.8) is 0 Å². The number of rotatable bonds is 9. The van der Waals surface area contributed by atoms with Crippen molar-refractivity contribution in [1.82, 2.24) is 19.4 Å². The fraction of sp³-hybridized carbons (Fsp3) is 0.423. The van der Waals surface area contributed by atoms with Crippen LogP contribution >= 0.6 is 11.3 Å². The summed E-state index contributed by atoms with van der Waals surface area (Å²) in [5.74, 6) is 0.511. The molecule has 0 aliphatic carbocycles. The molecule has 208 valence electrons. The minimum atomic E-state index is -0.564. The van der Waals surface area contributed by atoms with Gasteiger partial charge < -0.3 is 33.7 Å². The zero-order valence-corrected chi connectivity index (χ0v) is 23.3. The highest BCUT2D eigenvalue weighted by molar-refractivity contribution is 7.10. The lowest BCUT2D eigenvalue weighted by molar-refractivity contribution is 0.0507. The van der Waals surface area contributed by atoms with E-state index in [-0.39, 0.29) is 35.8 Å². The Labute approximate surface area is 229 Å². The van der Waals surface area contributed by atoms with E-state index in [1.54, 1.807) is 36.4 Å². The SMILES string of the molecule is CCOC(=O)c1nc(NC(=O)c2csc(C3CCN(C(=O)c4ccc(OC)c(OC)c4OC)CC3)n2)cn1C. The molecule has 0 atom stereocenters. The molecule has 2 amide bonds. The third-order valence-electron chi connectivity index (χ3n) is 6.40. The second-order valence-electron chi connectivity index (χ2n) is 8.75. The van der Waals surface area contributed by atoms with Crippen molar-refractivity contribution in [2.24, 2.45) is 7.05 Å². The topological polar surface area (TPSA) is 134 Å². The first-order chi connectivity index (χ1) is 18.8. The van der Waals surface area contributed by atoms with Crippen LogP contribution in [0.25, 0.3) is 0 Å². The van der Waals surface area contributed by atoms with Gasteiger partial charge in [-0.1, -0.05) is 0 Å². The van der Waals surface area contributed by atoms with E-state index in [4.69, 9.17) is 18.9 Å². The molecule has 39 heavy (non-hydrogen) atoms. The van der Waals surface area contributed by atoms with Crippen molar-refractivity contribution in [1.29, 1.82) is 0 Å². The van der Waals surface area contributed by atoms with Crippen molar-refractivity contribution in [3.05, 3.63) is 45.8 Å². The molecule has 1 N–H and O–H groups in total. The molecule has 1 aliphatic heterocycles. The molecule has 0 unspecified atom stereocenters. The van der Waals surface area contributed by atoms with E-state index >= 15 is 0 Å². The summed E-state index contributed by atoms with van der Waals surface area (Å²) in [5.41, 5.74) is 0.675. The van der Waals surface area contributed by atoms with Crippen LogP contribution in [0.1, 0.15) is 62.2 Å². The van der Waals surface area contributed by atoms with Gasteiger partial charge in [-0.3, -0.25) is 9.59 Å². The van der Waals surface area contributed by atoms with Gasteiger partial charge in [0.05, 0.1) is 38.5 Å². The molecule has 0 bridgehead atoms. The molecular formula is C26H31N5O7S. The number of likely N-dealkylation sites (tertiary alicyclic amines) is 1. The monoisotopic (exact) mass is 557 g/mol. The number of amides is 2. The van der Waals surface area contributed by atoms with Gasteiger partial charge in [-0.15, -0.1) is 11.3 Å². The van der Waals surface area contributed by atoms with Gasteiger partial charge in [0, 0.05) is 37.6 Å². The normalized spacial score (nSPS) is 13.6. The van der Waals surface area contributed by atoms with Crippen LogP contribution in [0.4, 0.5) is 5.82 Å². The van der Waals surface area contributed by atoms with E-state index in [9.17, 15) is 14.4 Å². The highest BCUT2D eigenvalue weighted by Gasteiger charge is 2.30. The number of carbonyl (C=O) groups is 3. The van der Waals surface area contributed by atoms with Gasteiger partial charge in [0.25, 0.3) is 11.8 Å². The first-order valence-corrected chi connectivity index (χ1v) is 13.2. The summed E-state index contributed by atoms with van der Waals surface area (Å²) in [6.07, 6.45) is 2.95. The van der Waals surface area contributed by atoms with Gasteiger partial charge in [0.2, 0.25) is 11.6 Å². The standard InChI is InChI=1S/C26H31N5O7S/c1-6-38-26(34)22-28-19(13-30(22)2)29-23(32)17-14-39-24(27-17)15-9-11-31(12-10-15)25(33)16-7-8-18(35-3)21(37-5)20(16)36-4/h7-8,13-15H,6,9-12H2,1-5H3,(H,29,32). The minimum absolute atomic E-state index is 0.0955. The highest BCUT2D eigenvalue weighted by Crippen LogP contribution is 2.41. The number of imidazole rings is 1. The quantitative estimate of drug-likeness (QED) is 0.393. The number of hydrogen-bond acceptors (Lipinski definition) is 10. The Kier molecular flexibility index (Phi) is 8.69. The summed E-state index contributed by atoms with van der Waals surface area (Å²) in [7, 11) is 6.16. The van der Waals surface area contributed by atoms with Crippen molar-refractivity contribution in [2.45, 2.75) is 25.7 Å². The number of benzene rings is 1. The lowest BCUT2D eigenvalue weighted by Gasteiger charge is -2.31. The summed E-state index contributed by atoms with van der Waals surface area (Å²) >= 11 is 1.41. The largest absolute Gasteiger partial charge is 0.493 e. The Morgan fingerprint density at radius 3 is 2.41 bits per heavy atom. The number of methoxy groups -OCH3 is 3. The number of piperidine rings is 1. The highest BCUT2D eigenvalue weighted by atomic mass is 32.1. The van der Waals surface area contributed by atoms with E-state index in [2.05, 4.69) is 15.3 Å². The van der Waals surface area contributed by atoms with Crippen LogP contribution < -0.4 is 19.5 Å². The van der Waals surface area contributed by atoms with Gasteiger partial charge in [-0.2, -0.15) is 0 Å². The van der Waals surface area contributed by atoms with Crippen LogP contribution in [0.2, 0.25) is 0 Å². The van der Waals surface area contributed by atoms with E-state index in [1.165, 1.54) is 43.4 Å². The molecule has 12 nitrogen and oxygen atoms in total. The summed E-state index contributed by atoms with van der Waals surface area (Å²) < 4.78 is 22.7. The maximum absolute atomic E-state index is 13.3. The second-order valence-corrected chi connectivity index (χ2v) is 9.64. The van der Waals surface area contributed by atoms with Gasteiger partial charge in [0.15, 0.2) is 17.3 Å². The summed E-state index contributed by atoms with van der Waals surface area (Å²) in [6, 6.07) is 3.36. The number of carbonyl (C=O) groups excluding carboxylic acids is 3. The Balaban J connectivity index is 1.38. The first-order valence-electron chi connectivity index (χ1n) is 12.4. The van der Waals surface area contributed by atoms with Gasteiger partial charge >= 0.3 is 5.97 Å². The zero-order valence-electron chi connectivity index (χ0n) is 22.5. The third-order valence-corrected chi connectivity index (χ3v) is 7.40. The molecular weight excluding hydrogens is 526 g/mol. The number of nitrogens with zero attached hydrogens (tertiary/aromatic N) is 4. The number of anilines is 1. The molecule has 0 spiro atoms. The number of aromatic nitrogens is 3. The predicted molar refractivity (Wildman–Crippen MR) is 143 cm³/mol. The summed E-state index contributed by atoms with van der Waals surface area (Å²) in [5, 5.41) is 5.22. The maximum Gasteiger partial charge on any atom is 0.374 e. The van der Waals surface area contributed by atoms with Crippen molar-refractivity contribution < 1.29 is 33.3 Å². The molecule has 3 aromatic rings. The number of esters is 1. The lowest BCUT2D eigenvalue weighted by Crippen LogP contribution is -2.38. The van der Waals surface area contributed by atoms with E-state index in [0.717, 1.165) is 5.01 Å². The van der Waals surface area contributed by atoms with Crippen LogP contribution in [0.5, 0.6) is 17.2 Å². The van der Waals surface area contributed by atoms with Crippen LogP contribution in [0, 0.1) is 0 Å². The molecule has 0 radical (unpaired) electrons. The molecule has 1 saturated heterocycles. The maximum atomic E-state index is 13.3. The van der Waals surface area contributed by atoms with Crippen molar-refractivity contribution >= 4 is 34.9 Å². The summed E-state index contributed by atoms with van der Waals surface area (Å²) in [4.78, 5) is 48.5. The Morgan fingerprint density at radius 2 is 1.77 bits per heavy atom. The number of hydrogen-bond donors (Lipinski definition) is 1. The average molecular weight is 558 g/mol. The lowest BCUT2D eigenvalue weighted by atomic mass is 9.97. The fourth-order valence-electron chi connectivity index (χ4n) is 4.44. The van der Waals surface area contributed by atoms with E-state index in [0.29, 0.717) is 48.7 Å². The minimum Gasteiger partial charge on any atom is -0.493 e. The van der Waals surface area contributed by atoms with Gasteiger partial charge in [-0.25, -0.2) is 14.8 Å². The first kappa shape index (κ1) is 27.9. The van der Waals surface area contributed by atoms with Crippen LogP contribution in [0.3, 0.4) is 0 Å². The number of nitrogens with one attached hydrogen (secondary N) is 1. The third kappa shape index (κ3) is 5.82. The van der Waals surface area contributed by atoms with Crippen molar-refractivity contribution in [3.8, 4) is 17.2 Å². The molecule has 1 aromatic carbocycles. The molecule has 0 saturated carbocycles. The number of aryl methyl sites for hydroxylation is 1. The second kappa shape index (κ2) is 12.2. The van der Waals surface area contributed by atoms with Crippen LogP contribution in [0.15, 0.2) is 23.7 Å². The van der Waals surface area contributed by atoms with Gasteiger partial charge in [-0.05, 0) is 31.9 Å². The van der Waals surface area contributed by atoms with Crippen LogP contribution in [-0.4, -0.2) is 78.2 Å². The van der Waals surface area contributed by atoms with E-state index in [1.807, 2.05) is 0 Å². The Hall–Kier alpha value is -4.13. The smallest absolute Gasteiger partial charge is 0.374 e. The molecule has 4 rings (SSSR count). The fourth-order valence-corrected chi connectivity index (χ4v) is 5.41. The average Bonchev–Trinajstić information content (AvgIpc) is 3.59. The molecule has 13 heteroatoms. The summed E-state index contributed by atoms with van der Waals surface area (Å²) in [6.45, 7) is 3.01. The Morgan fingerprint density at radius 1 is 1.05 bits per heavy atom.